The molecule has 1 heterocycles. The molecular weight excluding hydrogens is 222 g/mol. The van der Waals surface area contributed by atoms with Crippen molar-refractivity contribution >= 4 is 12.4 Å². The lowest BCUT2D eigenvalue weighted by Gasteiger charge is -2.30. The van der Waals surface area contributed by atoms with E-state index < -0.39 is 11.8 Å². The molecule has 0 atom stereocenters. The van der Waals surface area contributed by atoms with E-state index in [1.807, 2.05) is 0 Å². The number of piperidine rings is 1. The molecular formula is C12H21NO4. The summed E-state index contributed by atoms with van der Waals surface area (Å²) in [6.07, 6.45) is 2.64. The Morgan fingerprint density at radius 3 is 2.41 bits per heavy atom. The molecule has 0 bridgehead atoms. The van der Waals surface area contributed by atoms with Crippen molar-refractivity contribution in [3.8, 4) is 0 Å². The van der Waals surface area contributed by atoms with Crippen LogP contribution in [-0.4, -0.2) is 36.2 Å². The van der Waals surface area contributed by atoms with E-state index in [2.05, 4.69) is 0 Å². The minimum Gasteiger partial charge on any atom is -0.427 e. The number of aldehydes is 1. The van der Waals surface area contributed by atoms with Crippen molar-refractivity contribution in [3.05, 3.63) is 0 Å². The second-order valence-electron chi connectivity index (χ2n) is 5.33. The van der Waals surface area contributed by atoms with Crippen molar-refractivity contribution in [2.75, 3.05) is 13.1 Å². The van der Waals surface area contributed by atoms with E-state index in [-0.39, 0.29) is 0 Å². The van der Waals surface area contributed by atoms with Crippen molar-refractivity contribution in [1.82, 2.24) is 5.06 Å². The number of nitrogens with zero attached hydrogens (tertiary/aromatic N) is 1. The van der Waals surface area contributed by atoms with Crippen LogP contribution in [0, 0.1) is 5.92 Å². The van der Waals surface area contributed by atoms with Crippen LogP contribution in [0.4, 0.5) is 4.79 Å². The predicted molar refractivity (Wildman–Crippen MR) is 62.3 cm³/mol. The molecule has 0 aromatic carbocycles. The summed E-state index contributed by atoms with van der Waals surface area (Å²) in [6, 6.07) is 0. The second-order valence-corrected chi connectivity index (χ2v) is 5.33. The van der Waals surface area contributed by atoms with Gasteiger partial charge < -0.3 is 14.4 Å². The van der Waals surface area contributed by atoms with Gasteiger partial charge in [-0.1, -0.05) is 0 Å². The molecule has 0 aliphatic carbocycles. The standard InChI is InChI=1S/C12H21NO4/c1-12(2,3)16-11(15)17-13-7-4-10(5-8-13)6-9-14/h9-10H,4-8H2,1-3H3. The molecule has 0 unspecified atom stereocenters. The van der Waals surface area contributed by atoms with Gasteiger partial charge >= 0.3 is 6.16 Å². The van der Waals surface area contributed by atoms with Gasteiger partial charge in [-0.25, -0.2) is 4.79 Å². The molecule has 0 saturated carbocycles. The Morgan fingerprint density at radius 1 is 1.35 bits per heavy atom. The maximum Gasteiger partial charge on any atom is 0.528 e. The second kappa shape index (κ2) is 6.00. The minimum absolute atomic E-state index is 0.422. The van der Waals surface area contributed by atoms with E-state index in [0.717, 1.165) is 19.1 Å². The fraction of sp³-hybridized carbons (Fsp3) is 0.833. The molecule has 1 rings (SSSR count). The van der Waals surface area contributed by atoms with Crippen LogP contribution in [0.5, 0.6) is 0 Å². The van der Waals surface area contributed by atoms with Crippen molar-refractivity contribution in [2.24, 2.45) is 5.92 Å². The number of hydroxylamine groups is 2. The first-order valence-corrected chi connectivity index (χ1v) is 6.00. The van der Waals surface area contributed by atoms with Crippen molar-refractivity contribution in [2.45, 2.75) is 45.6 Å². The lowest BCUT2D eigenvalue weighted by Crippen LogP contribution is -2.37. The van der Waals surface area contributed by atoms with Gasteiger partial charge in [0.25, 0.3) is 0 Å². The van der Waals surface area contributed by atoms with Gasteiger partial charge in [-0.15, -0.1) is 5.06 Å². The Hall–Kier alpha value is -1.10. The van der Waals surface area contributed by atoms with Crippen LogP contribution in [0.3, 0.4) is 0 Å². The lowest BCUT2D eigenvalue weighted by molar-refractivity contribution is -0.156. The smallest absolute Gasteiger partial charge is 0.427 e. The molecule has 0 aromatic rings. The van der Waals surface area contributed by atoms with Gasteiger partial charge in [-0.3, -0.25) is 0 Å². The van der Waals surface area contributed by atoms with Gasteiger partial charge in [0, 0.05) is 19.5 Å². The first kappa shape index (κ1) is 14.0. The van der Waals surface area contributed by atoms with E-state index in [1.54, 1.807) is 25.8 Å². The third kappa shape index (κ3) is 5.68. The van der Waals surface area contributed by atoms with Crippen LogP contribution in [-0.2, 0) is 14.4 Å². The molecule has 0 N–H and O–H groups in total. The quantitative estimate of drug-likeness (QED) is 0.561. The van der Waals surface area contributed by atoms with Crippen molar-refractivity contribution < 1.29 is 19.2 Å². The van der Waals surface area contributed by atoms with Gasteiger partial charge in [0.15, 0.2) is 0 Å². The third-order valence-corrected chi connectivity index (χ3v) is 2.60. The highest BCUT2D eigenvalue weighted by Gasteiger charge is 2.24. The molecule has 17 heavy (non-hydrogen) atoms. The van der Waals surface area contributed by atoms with Crippen LogP contribution in [0.25, 0.3) is 0 Å². The maximum absolute atomic E-state index is 11.4. The maximum atomic E-state index is 11.4. The first-order chi connectivity index (χ1) is 7.90. The monoisotopic (exact) mass is 243 g/mol. The molecule has 1 aliphatic rings. The summed E-state index contributed by atoms with van der Waals surface area (Å²) in [5, 5.41) is 1.61. The highest BCUT2D eigenvalue weighted by Crippen LogP contribution is 2.20. The molecule has 0 spiro atoms. The average Bonchev–Trinajstić information content (AvgIpc) is 2.18. The summed E-state index contributed by atoms with van der Waals surface area (Å²) >= 11 is 0. The number of carbonyl (C=O) groups is 2. The fourth-order valence-electron chi connectivity index (χ4n) is 1.75. The Bertz CT molecular complexity index is 264. The van der Waals surface area contributed by atoms with E-state index in [0.29, 0.717) is 25.4 Å². The van der Waals surface area contributed by atoms with Crippen LogP contribution < -0.4 is 0 Å². The van der Waals surface area contributed by atoms with Gasteiger partial charge in [-0.05, 0) is 39.5 Å². The molecule has 5 nitrogen and oxygen atoms in total. The van der Waals surface area contributed by atoms with Gasteiger partial charge in [0.2, 0.25) is 0 Å². The average molecular weight is 243 g/mol. The Balaban J connectivity index is 2.26. The summed E-state index contributed by atoms with van der Waals surface area (Å²) in [6.45, 7) is 6.72. The number of hydrogen-bond donors (Lipinski definition) is 0. The normalized spacial score (nSPS) is 18.8. The molecule has 5 heteroatoms. The Morgan fingerprint density at radius 2 is 1.94 bits per heavy atom. The molecule has 0 aromatic heterocycles. The zero-order chi connectivity index (χ0) is 12.9. The van der Waals surface area contributed by atoms with Gasteiger partial charge in [0.05, 0.1) is 0 Å². The highest BCUT2D eigenvalue weighted by molar-refractivity contribution is 5.60. The third-order valence-electron chi connectivity index (χ3n) is 2.60. The zero-order valence-corrected chi connectivity index (χ0v) is 10.8. The topological polar surface area (TPSA) is 55.8 Å². The van der Waals surface area contributed by atoms with E-state index in [1.165, 1.54) is 0 Å². The van der Waals surface area contributed by atoms with Crippen LogP contribution in [0.1, 0.15) is 40.0 Å². The highest BCUT2D eigenvalue weighted by atomic mass is 16.8. The largest absolute Gasteiger partial charge is 0.528 e. The van der Waals surface area contributed by atoms with Crippen LogP contribution in [0.15, 0.2) is 0 Å². The summed E-state index contributed by atoms with van der Waals surface area (Å²) < 4.78 is 5.06. The predicted octanol–water partition coefficient (Wildman–Crippen LogP) is 2.15. The number of carbonyl (C=O) groups excluding carboxylic acids is 2. The summed E-state index contributed by atoms with van der Waals surface area (Å²) in [4.78, 5) is 26.8. The molecule has 1 aliphatic heterocycles. The molecule has 0 amide bonds. The molecule has 98 valence electrons. The van der Waals surface area contributed by atoms with Gasteiger partial charge in [0.1, 0.15) is 11.9 Å². The van der Waals surface area contributed by atoms with E-state index in [9.17, 15) is 9.59 Å². The van der Waals surface area contributed by atoms with Crippen LogP contribution in [0.2, 0.25) is 0 Å². The number of rotatable bonds is 3. The molecule has 1 fully saturated rings. The zero-order valence-electron chi connectivity index (χ0n) is 10.8. The van der Waals surface area contributed by atoms with Gasteiger partial charge in [-0.2, -0.15) is 0 Å². The lowest BCUT2D eigenvalue weighted by atomic mass is 9.95. The minimum atomic E-state index is -0.661. The summed E-state index contributed by atoms with van der Waals surface area (Å²) in [7, 11) is 0. The number of ether oxygens (including phenoxy) is 1. The molecule has 0 radical (unpaired) electrons. The van der Waals surface area contributed by atoms with Crippen LogP contribution >= 0.6 is 0 Å². The molecule has 1 saturated heterocycles. The fourth-order valence-corrected chi connectivity index (χ4v) is 1.75. The van der Waals surface area contributed by atoms with E-state index >= 15 is 0 Å². The first-order valence-electron chi connectivity index (χ1n) is 6.00. The Kier molecular flexibility index (Phi) is 4.93. The summed E-state index contributed by atoms with van der Waals surface area (Å²) in [5.41, 5.74) is -0.535. The van der Waals surface area contributed by atoms with Crippen molar-refractivity contribution in [1.29, 1.82) is 0 Å². The summed E-state index contributed by atoms with van der Waals surface area (Å²) in [5.74, 6) is 0.422. The van der Waals surface area contributed by atoms with E-state index in [4.69, 9.17) is 9.57 Å². The van der Waals surface area contributed by atoms with Crippen molar-refractivity contribution in [3.63, 3.8) is 0 Å². The number of hydrogen-bond acceptors (Lipinski definition) is 5. The SMILES string of the molecule is CC(C)(C)OC(=O)ON1CCC(CC=O)CC1. The Labute approximate surface area is 102 Å².